The number of hydrogen-bond acceptors (Lipinski definition) is 8. The van der Waals surface area contributed by atoms with Crippen molar-refractivity contribution in [3.8, 4) is 17.2 Å². The van der Waals surface area contributed by atoms with E-state index in [1.807, 2.05) is 43.3 Å². The molecular weight excluding hydrogens is 596 g/mol. The Labute approximate surface area is 277 Å². The Morgan fingerprint density at radius 1 is 0.915 bits per heavy atom. The van der Waals surface area contributed by atoms with Crippen LogP contribution < -0.4 is 14.2 Å². The van der Waals surface area contributed by atoms with E-state index >= 15 is 0 Å². The Morgan fingerprint density at radius 2 is 1.68 bits per heavy atom. The summed E-state index contributed by atoms with van der Waals surface area (Å²) in [4.78, 5) is 31.1. The van der Waals surface area contributed by atoms with Crippen LogP contribution in [0.15, 0.2) is 72.3 Å². The molecule has 0 spiro atoms. The second-order valence-electron chi connectivity index (χ2n) is 12.0. The number of amides is 1. The quantitative estimate of drug-likeness (QED) is 0.0894. The van der Waals surface area contributed by atoms with Gasteiger partial charge in [0.1, 0.15) is 18.1 Å². The molecule has 0 bridgehead atoms. The highest BCUT2D eigenvalue weighted by Crippen LogP contribution is 2.42. The van der Waals surface area contributed by atoms with Crippen molar-refractivity contribution in [3.63, 3.8) is 0 Å². The zero-order chi connectivity index (χ0) is 33.2. The van der Waals surface area contributed by atoms with E-state index in [1.165, 1.54) is 0 Å². The molecule has 3 aromatic carbocycles. The molecule has 250 valence electrons. The van der Waals surface area contributed by atoms with Crippen LogP contribution in [0.5, 0.6) is 17.2 Å². The molecule has 0 aliphatic carbocycles. The lowest BCUT2D eigenvalue weighted by Crippen LogP contribution is -2.39. The average molecular weight is 643 g/mol. The summed E-state index contributed by atoms with van der Waals surface area (Å²) in [6.07, 6.45) is 3.76. The number of aliphatic hydroxyl groups is 1. The zero-order valence-corrected chi connectivity index (χ0v) is 27.7. The number of morpholine rings is 1. The first-order chi connectivity index (χ1) is 22.9. The van der Waals surface area contributed by atoms with E-state index in [0.717, 1.165) is 50.0 Å². The molecule has 0 aromatic heterocycles. The van der Waals surface area contributed by atoms with Crippen molar-refractivity contribution < 1.29 is 33.6 Å². The smallest absolute Gasteiger partial charge is 0.295 e. The van der Waals surface area contributed by atoms with E-state index in [0.29, 0.717) is 67.8 Å². The van der Waals surface area contributed by atoms with Gasteiger partial charge in [0.25, 0.3) is 11.7 Å². The van der Waals surface area contributed by atoms with Crippen molar-refractivity contribution in [3.05, 3.63) is 94.6 Å². The van der Waals surface area contributed by atoms with Gasteiger partial charge in [0.05, 0.1) is 38.5 Å². The third-order valence-corrected chi connectivity index (χ3v) is 8.81. The molecule has 0 radical (unpaired) electrons. The fourth-order valence-corrected chi connectivity index (χ4v) is 6.05. The van der Waals surface area contributed by atoms with E-state index in [-0.39, 0.29) is 11.3 Å². The number of hydrogen-bond donors (Lipinski definition) is 1. The number of carbonyl (C=O) groups excluding carboxylic acids is 2. The first-order valence-corrected chi connectivity index (χ1v) is 16.6. The molecule has 2 heterocycles. The summed E-state index contributed by atoms with van der Waals surface area (Å²) in [5.74, 6) is 0.164. The van der Waals surface area contributed by atoms with Crippen molar-refractivity contribution in [2.24, 2.45) is 0 Å². The highest BCUT2D eigenvalue weighted by molar-refractivity contribution is 6.46. The van der Waals surface area contributed by atoms with Gasteiger partial charge in [-0.3, -0.25) is 14.5 Å². The third-order valence-electron chi connectivity index (χ3n) is 8.81. The molecule has 2 aliphatic rings. The lowest BCUT2D eigenvalue weighted by Gasteiger charge is -2.29. The molecule has 1 N–H and O–H groups in total. The number of ether oxygens (including phenoxy) is 4. The van der Waals surface area contributed by atoms with Gasteiger partial charge in [-0.25, -0.2) is 0 Å². The molecule has 2 saturated heterocycles. The lowest BCUT2D eigenvalue weighted by molar-refractivity contribution is -0.140. The van der Waals surface area contributed by atoms with Crippen LogP contribution in [0.3, 0.4) is 0 Å². The normalized spacial score (nSPS) is 18.0. The SMILES string of the molecule is CCCCCOc1ccc(C2C(=C(O)c3ccc(OCc4ccccc4C)cc3)C(=O)C(=O)N2CCCN2CCOCC2)cc1OC. The van der Waals surface area contributed by atoms with Gasteiger partial charge >= 0.3 is 0 Å². The van der Waals surface area contributed by atoms with Crippen LogP contribution in [-0.4, -0.2) is 79.7 Å². The summed E-state index contributed by atoms with van der Waals surface area (Å²) >= 11 is 0. The minimum Gasteiger partial charge on any atom is -0.507 e. The maximum absolute atomic E-state index is 13.6. The number of Topliss-reactive ketones (excluding diaryl/α,β-unsaturated/α-hetero) is 1. The largest absolute Gasteiger partial charge is 0.507 e. The fraction of sp³-hybridized carbons (Fsp3) is 0.421. The number of benzene rings is 3. The van der Waals surface area contributed by atoms with Gasteiger partial charge in [-0.05, 0) is 72.9 Å². The van der Waals surface area contributed by atoms with E-state index in [4.69, 9.17) is 18.9 Å². The molecule has 5 rings (SSSR count). The predicted molar refractivity (Wildman–Crippen MR) is 181 cm³/mol. The van der Waals surface area contributed by atoms with Crippen LogP contribution in [0.25, 0.3) is 5.76 Å². The van der Waals surface area contributed by atoms with Crippen LogP contribution in [0, 0.1) is 6.92 Å². The van der Waals surface area contributed by atoms with Crippen molar-refractivity contribution in [1.29, 1.82) is 0 Å². The lowest BCUT2D eigenvalue weighted by atomic mass is 9.95. The Balaban J connectivity index is 1.42. The molecular formula is C38H46N2O7. The summed E-state index contributed by atoms with van der Waals surface area (Å²) < 4.78 is 23.1. The first-order valence-electron chi connectivity index (χ1n) is 16.6. The molecule has 1 amide bonds. The summed E-state index contributed by atoms with van der Waals surface area (Å²) in [7, 11) is 1.57. The number of ketones is 1. The van der Waals surface area contributed by atoms with Crippen molar-refractivity contribution in [2.75, 3.05) is 53.1 Å². The number of carbonyl (C=O) groups is 2. The molecule has 3 aromatic rings. The molecule has 2 aliphatic heterocycles. The van der Waals surface area contributed by atoms with Crippen LogP contribution >= 0.6 is 0 Å². The second kappa shape index (κ2) is 16.5. The topological polar surface area (TPSA) is 97.8 Å². The minimum absolute atomic E-state index is 0.0496. The summed E-state index contributed by atoms with van der Waals surface area (Å²) in [6, 6.07) is 19.6. The van der Waals surface area contributed by atoms with Crippen molar-refractivity contribution in [2.45, 2.75) is 52.2 Å². The number of unbranched alkanes of at least 4 members (excludes halogenated alkanes) is 2. The van der Waals surface area contributed by atoms with E-state index < -0.39 is 17.7 Å². The number of aryl methyl sites for hydroxylation is 1. The maximum atomic E-state index is 13.6. The van der Waals surface area contributed by atoms with Crippen LogP contribution in [-0.2, 0) is 20.9 Å². The summed E-state index contributed by atoms with van der Waals surface area (Å²) in [5.41, 5.74) is 3.36. The van der Waals surface area contributed by atoms with Gasteiger partial charge < -0.3 is 29.0 Å². The number of nitrogens with zero attached hydrogens (tertiary/aromatic N) is 2. The Hall–Kier alpha value is -4.34. The molecule has 9 heteroatoms. The number of likely N-dealkylation sites (tertiary alicyclic amines) is 1. The molecule has 1 unspecified atom stereocenters. The van der Waals surface area contributed by atoms with Gasteiger partial charge in [-0.1, -0.05) is 50.1 Å². The molecule has 0 saturated carbocycles. The fourth-order valence-electron chi connectivity index (χ4n) is 6.05. The number of rotatable bonds is 15. The standard InChI is InChI=1S/C38H46N2O7/c1-4-5-8-22-46-32-17-14-29(25-33(32)44-3)35-34(37(42)38(43)40(35)19-9-18-39-20-23-45-24-21-39)36(41)28-12-15-31(16-13-28)47-26-30-11-7-6-10-27(30)2/h6-7,10-17,25,35,41H,4-5,8-9,18-24,26H2,1-3H3. The summed E-state index contributed by atoms with van der Waals surface area (Å²) in [6.45, 7) is 9.33. The number of aliphatic hydroxyl groups excluding tert-OH is 1. The summed E-state index contributed by atoms with van der Waals surface area (Å²) in [5, 5.41) is 11.6. The highest BCUT2D eigenvalue weighted by Gasteiger charge is 2.46. The molecule has 1 atom stereocenters. The monoisotopic (exact) mass is 642 g/mol. The van der Waals surface area contributed by atoms with Crippen LogP contribution in [0.4, 0.5) is 0 Å². The molecule has 9 nitrogen and oxygen atoms in total. The van der Waals surface area contributed by atoms with Gasteiger partial charge in [0.15, 0.2) is 11.5 Å². The van der Waals surface area contributed by atoms with Gasteiger partial charge in [0.2, 0.25) is 0 Å². The Morgan fingerprint density at radius 3 is 2.40 bits per heavy atom. The van der Waals surface area contributed by atoms with Gasteiger partial charge in [0, 0.05) is 31.7 Å². The van der Waals surface area contributed by atoms with E-state index in [1.54, 1.807) is 42.3 Å². The minimum atomic E-state index is -0.792. The predicted octanol–water partition coefficient (Wildman–Crippen LogP) is 6.30. The third kappa shape index (κ3) is 8.34. The second-order valence-corrected chi connectivity index (χ2v) is 12.0. The van der Waals surface area contributed by atoms with Crippen molar-refractivity contribution in [1.82, 2.24) is 9.80 Å². The maximum Gasteiger partial charge on any atom is 0.295 e. The van der Waals surface area contributed by atoms with E-state index in [9.17, 15) is 14.7 Å². The Kier molecular flexibility index (Phi) is 11.9. The van der Waals surface area contributed by atoms with Gasteiger partial charge in [-0.15, -0.1) is 0 Å². The Bertz CT molecular complexity index is 1550. The number of methoxy groups -OCH3 is 1. The highest BCUT2D eigenvalue weighted by atomic mass is 16.5. The zero-order valence-electron chi connectivity index (χ0n) is 27.7. The van der Waals surface area contributed by atoms with Crippen molar-refractivity contribution >= 4 is 17.4 Å². The first kappa shape index (κ1) is 34.0. The molecule has 2 fully saturated rings. The van der Waals surface area contributed by atoms with Gasteiger partial charge in [-0.2, -0.15) is 0 Å². The van der Waals surface area contributed by atoms with E-state index in [2.05, 4.69) is 11.8 Å². The van der Waals surface area contributed by atoms with Crippen LogP contribution in [0.1, 0.15) is 60.9 Å². The average Bonchev–Trinajstić information content (AvgIpc) is 3.35. The molecule has 47 heavy (non-hydrogen) atoms. The van der Waals surface area contributed by atoms with Crippen LogP contribution in [0.2, 0.25) is 0 Å².